The number of rotatable bonds is 9. The van der Waals surface area contributed by atoms with Gasteiger partial charge in [-0.25, -0.2) is 0 Å². The molecule has 144 valence electrons. The predicted octanol–water partition coefficient (Wildman–Crippen LogP) is 3.81. The lowest BCUT2D eigenvalue weighted by Crippen LogP contribution is -2.50. The number of benzene rings is 2. The molecule has 0 aliphatic rings. The SMILES string of the molecule is CC(=O)N(Cc1ccccc1)[C@@H](Cc1ccccc1)C(=O)NCCC(C)C. The third kappa shape index (κ3) is 6.89. The maximum absolute atomic E-state index is 13.0. The summed E-state index contributed by atoms with van der Waals surface area (Å²) in [7, 11) is 0. The van der Waals surface area contributed by atoms with E-state index in [-0.39, 0.29) is 11.8 Å². The van der Waals surface area contributed by atoms with Crippen LogP contribution in [-0.4, -0.2) is 29.3 Å². The van der Waals surface area contributed by atoms with Crippen molar-refractivity contribution >= 4 is 11.8 Å². The summed E-state index contributed by atoms with van der Waals surface area (Å²) in [5.74, 6) is 0.329. The quantitative estimate of drug-likeness (QED) is 0.734. The molecule has 0 radical (unpaired) electrons. The van der Waals surface area contributed by atoms with Crippen LogP contribution in [0.5, 0.6) is 0 Å². The fourth-order valence-corrected chi connectivity index (χ4v) is 3.00. The Morgan fingerprint density at radius 2 is 1.48 bits per heavy atom. The van der Waals surface area contributed by atoms with Crippen molar-refractivity contribution in [2.75, 3.05) is 6.54 Å². The van der Waals surface area contributed by atoms with E-state index in [1.807, 2.05) is 60.7 Å². The molecule has 0 aromatic heterocycles. The van der Waals surface area contributed by atoms with Gasteiger partial charge in [0, 0.05) is 26.4 Å². The minimum Gasteiger partial charge on any atom is -0.354 e. The Labute approximate surface area is 162 Å². The maximum Gasteiger partial charge on any atom is 0.243 e. The molecule has 2 aromatic rings. The van der Waals surface area contributed by atoms with Crippen LogP contribution in [0, 0.1) is 5.92 Å². The summed E-state index contributed by atoms with van der Waals surface area (Å²) in [5, 5.41) is 3.02. The Kier molecular flexibility index (Phi) is 8.05. The number of nitrogens with one attached hydrogen (secondary N) is 1. The van der Waals surface area contributed by atoms with E-state index < -0.39 is 6.04 Å². The van der Waals surface area contributed by atoms with Gasteiger partial charge in [-0.05, 0) is 23.5 Å². The van der Waals surface area contributed by atoms with Gasteiger partial charge in [-0.2, -0.15) is 0 Å². The molecule has 4 heteroatoms. The second-order valence-electron chi connectivity index (χ2n) is 7.31. The molecule has 0 spiro atoms. The number of carbonyl (C=O) groups excluding carboxylic acids is 2. The summed E-state index contributed by atoms with van der Waals surface area (Å²) in [5.41, 5.74) is 2.06. The molecule has 0 saturated carbocycles. The van der Waals surface area contributed by atoms with Gasteiger partial charge in [0.05, 0.1) is 0 Å². The second-order valence-corrected chi connectivity index (χ2v) is 7.31. The van der Waals surface area contributed by atoms with Crippen molar-refractivity contribution in [1.82, 2.24) is 10.2 Å². The second kappa shape index (κ2) is 10.5. The highest BCUT2D eigenvalue weighted by Gasteiger charge is 2.28. The third-order valence-corrected chi connectivity index (χ3v) is 4.57. The van der Waals surface area contributed by atoms with Crippen molar-refractivity contribution in [2.24, 2.45) is 5.92 Å². The van der Waals surface area contributed by atoms with Gasteiger partial charge in [-0.1, -0.05) is 74.5 Å². The Morgan fingerprint density at radius 1 is 0.926 bits per heavy atom. The number of hydrogen-bond donors (Lipinski definition) is 1. The molecule has 2 aromatic carbocycles. The van der Waals surface area contributed by atoms with Crippen LogP contribution in [-0.2, 0) is 22.6 Å². The molecule has 0 bridgehead atoms. The van der Waals surface area contributed by atoms with E-state index in [4.69, 9.17) is 0 Å². The van der Waals surface area contributed by atoms with Crippen molar-refractivity contribution in [1.29, 1.82) is 0 Å². The molecule has 0 aliphatic heterocycles. The zero-order valence-corrected chi connectivity index (χ0v) is 16.5. The number of carbonyl (C=O) groups is 2. The largest absolute Gasteiger partial charge is 0.354 e. The Bertz CT molecular complexity index is 714. The van der Waals surface area contributed by atoms with Crippen LogP contribution in [0.3, 0.4) is 0 Å². The highest BCUT2D eigenvalue weighted by atomic mass is 16.2. The van der Waals surface area contributed by atoms with Crippen molar-refractivity contribution < 1.29 is 9.59 Å². The minimum absolute atomic E-state index is 0.0920. The van der Waals surface area contributed by atoms with Gasteiger partial charge in [0.2, 0.25) is 11.8 Å². The van der Waals surface area contributed by atoms with Crippen LogP contribution in [0.25, 0.3) is 0 Å². The predicted molar refractivity (Wildman–Crippen MR) is 109 cm³/mol. The van der Waals surface area contributed by atoms with Gasteiger partial charge in [-0.15, -0.1) is 0 Å². The first kappa shape index (κ1) is 20.7. The summed E-state index contributed by atoms with van der Waals surface area (Å²) in [4.78, 5) is 27.0. The molecule has 27 heavy (non-hydrogen) atoms. The fourth-order valence-electron chi connectivity index (χ4n) is 3.00. The van der Waals surface area contributed by atoms with Crippen molar-refractivity contribution in [3.8, 4) is 0 Å². The summed E-state index contributed by atoms with van der Waals surface area (Å²) < 4.78 is 0. The first-order valence-corrected chi connectivity index (χ1v) is 9.60. The topological polar surface area (TPSA) is 49.4 Å². The number of hydrogen-bond acceptors (Lipinski definition) is 2. The molecular weight excluding hydrogens is 336 g/mol. The highest BCUT2D eigenvalue weighted by Crippen LogP contribution is 2.14. The van der Waals surface area contributed by atoms with E-state index in [2.05, 4.69) is 19.2 Å². The van der Waals surface area contributed by atoms with Gasteiger partial charge in [0.25, 0.3) is 0 Å². The lowest BCUT2D eigenvalue weighted by Gasteiger charge is -2.30. The number of nitrogens with zero attached hydrogens (tertiary/aromatic N) is 1. The van der Waals surface area contributed by atoms with Crippen LogP contribution in [0.15, 0.2) is 60.7 Å². The standard InChI is InChI=1S/C23H30N2O2/c1-18(2)14-15-24-23(27)22(16-20-10-6-4-7-11-20)25(19(3)26)17-21-12-8-5-9-13-21/h4-13,18,22H,14-17H2,1-3H3,(H,24,27)/t22-/m0/s1. The number of amides is 2. The van der Waals surface area contributed by atoms with E-state index in [1.165, 1.54) is 6.92 Å². The van der Waals surface area contributed by atoms with Gasteiger partial charge in [0.1, 0.15) is 6.04 Å². The normalized spacial score (nSPS) is 11.9. The van der Waals surface area contributed by atoms with Gasteiger partial charge in [0.15, 0.2) is 0 Å². The Balaban J connectivity index is 2.21. The van der Waals surface area contributed by atoms with Gasteiger partial charge >= 0.3 is 0 Å². The molecule has 0 aliphatic carbocycles. The summed E-state index contributed by atoms with van der Waals surface area (Å²) in [6, 6.07) is 19.1. The van der Waals surface area contributed by atoms with Crippen molar-refractivity contribution in [2.45, 2.75) is 46.2 Å². The lowest BCUT2D eigenvalue weighted by atomic mass is 10.0. The third-order valence-electron chi connectivity index (χ3n) is 4.57. The van der Waals surface area contributed by atoms with Crippen LogP contribution >= 0.6 is 0 Å². The molecular formula is C23H30N2O2. The van der Waals surface area contributed by atoms with Crippen LogP contribution in [0.1, 0.15) is 38.3 Å². The summed E-state index contributed by atoms with van der Waals surface area (Å²) >= 11 is 0. The van der Waals surface area contributed by atoms with Crippen molar-refractivity contribution in [3.05, 3.63) is 71.8 Å². The molecule has 4 nitrogen and oxygen atoms in total. The van der Waals surface area contributed by atoms with E-state index in [0.717, 1.165) is 17.5 Å². The zero-order valence-electron chi connectivity index (χ0n) is 16.5. The Morgan fingerprint density at radius 3 is 2.00 bits per heavy atom. The van der Waals surface area contributed by atoms with E-state index >= 15 is 0 Å². The van der Waals surface area contributed by atoms with Crippen molar-refractivity contribution in [3.63, 3.8) is 0 Å². The monoisotopic (exact) mass is 366 g/mol. The van der Waals surface area contributed by atoms with Gasteiger partial charge < -0.3 is 10.2 Å². The van der Waals surface area contributed by atoms with Crippen LogP contribution in [0.4, 0.5) is 0 Å². The van der Waals surface area contributed by atoms with E-state index in [0.29, 0.717) is 25.4 Å². The average molecular weight is 367 g/mol. The Hall–Kier alpha value is -2.62. The molecule has 0 heterocycles. The lowest BCUT2D eigenvalue weighted by molar-refractivity contribution is -0.139. The van der Waals surface area contributed by atoms with Crippen LogP contribution in [0.2, 0.25) is 0 Å². The molecule has 1 atom stereocenters. The highest BCUT2D eigenvalue weighted by molar-refractivity contribution is 5.87. The fraction of sp³-hybridized carbons (Fsp3) is 0.391. The van der Waals surface area contributed by atoms with Gasteiger partial charge in [-0.3, -0.25) is 9.59 Å². The van der Waals surface area contributed by atoms with Crippen LogP contribution < -0.4 is 5.32 Å². The molecule has 2 amide bonds. The van der Waals surface area contributed by atoms with E-state index in [1.54, 1.807) is 4.90 Å². The summed E-state index contributed by atoms with van der Waals surface area (Å²) in [6.45, 7) is 6.84. The maximum atomic E-state index is 13.0. The summed E-state index contributed by atoms with van der Waals surface area (Å²) in [6.07, 6.45) is 1.42. The first-order chi connectivity index (χ1) is 13.0. The first-order valence-electron chi connectivity index (χ1n) is 9.60. The smallest absolute Gasteiger partial charge is 0.243 e. The molecule has 0 unspecified atom stereocenters. The molecule has 1 N–H and O–H groups in total. The molecule has 0 fully saturated rings. The molecule has 0 saturated heterocycles. The van der Waals surface area contributed by atoms with E-state index in [9.17, 15) is 9.59 Å². The zero-order chi connectivity index (χ0) is 19.6. The minimum atomic E-state index is -0.530. The molecule has 2 rings (SSSR count). The average Bonchev–Trinajstić information content (AvgIpc) is 2.65.